The molecule has 0 saturated carbocycles. The van der Waals surface area contributed by atoms with Gasteiger partial charge in [-0.3, -0.25) is 0 Å². The van der Waals surface area contributed by atoms with Crippen molar-refractivity contribution in [3.8, 4) is 0 Å². The molecule has 0 unspecified atom stereocenters. The van der Waals surface area contributed by atoms with Crippen LogP contribution in [0.4, 0.5) is 0 Å². The highest BCUT2D eigenvalue weighted by molar-refractivity contribution is 4.67. The molecule has 0 aromatic rings. The summed E-state index contributed by atoms with van der Waals surface area (Å²) in [5.41, 5.74) is 0. The van der Waals surface area contributed by atoms with E-state index in [1.54, 1.807) is 0 Å². The Hall–Kier alpha value is -0.0400. The summed E-state index contributed by atoms with van der Waals surface area (Å²) in [4.78, 5) is 0. The van der Waals surface area contributed by atoms with E-state index in [0.717, 1.165) is 0 Å². The van der Waals surface area contributed by atoms with Gasteiger partial charge in [-0.1, -0.05) is 34.1 Å². The molecular weight excluding hydrogens is 124 g/mol. The lowest BCUT2D eigenvalue weighted by molar-refractivity contribution is 0.140. The lowest BCUT2D eigenvalue weighted by Crippen LogP contribution is -2.20. The van der Waals surface area contributed by atoms with Crippen LogP contribution in [0.2, 0.25) is 0 Å². The first-order valence-electron chi connectivity index (χ1n) is 4.24. The van der Waals surface area contributed by atoms with Crippen molar-refractivity contribution in [2.24, 2.45) is 17.8 Å². The first kappa shape index (κ1) is 9.96. The summed E-state index contributed by atoms with van der Waals surface area (Å²) in [6, 6.07) is 0. The Morgan fingerprint density at radius 3 is 1.80 bits per heavy atom. The van der Waals surface area contributed by atoms with Crippen LogP contribution >= 0.6 is 0 Å². The molecule has 1 heteroatoms. The van der Waals surface area contributed by atoms with E-state index in [4.69, 9.17) is 5.11 Å². The molecule has 0 aromatic carbocycles. The summed E-state index contributed by atoms with van der Waals surface area (Å²) >= 11 is 0. The van der Waals surface area contributed by atoms with Crippen LogP contribution in [0.5, 0.6) is 0 Å². The van der Waals surface area contributed by atoms with Gasteiger partial charge in [0.25, 0.3) is 0 Å². The van der Waals surface area contributed by atoms with Crippen molar-refractivity contribution in [3.63, 3.8) is 0 Å². The van der Waals surface area contributed by atoms with Crippen LogP contribution in [0, 0.1) is 17.8 Å². The predicted molar refractivity (Wildman–Crippen MR) is 44.9 cm³/mol. The number of rotatable bonds is 4. The third kappa shape index (κ3) is 2.70. The van der Waals surface area contributed by atoms with Gasteiger partial charge in [0, 0.05) is 6.61 Å². The molecule has 0 amide bonds. The van der Waals surface area contributed by atoms with E-state index in [9.17, 15) is 0 Å². The van der Waals surface area contributed by atoms with Gasteiger partial charge in [0.05, 0.1) is 0 Å². The molecule has 0 heterocycles. The zero-order valence-electron chi connectivity index (χ0n) is 7.59. The molecule has 0 saturated heterocycles. The van der Waals surface area contributed by atoms with Gasteiger partial charge >= 0.3 is 0 Å². The molecule has 0 radical (unpaired) electrons. The third-order valence-electron chi connectivity index (χ3n) is 2.44. The number of hydrogen-bond donors (Lipinski definition) is 1. The largest absolute Gasteiger partial charge is 0.396 e. The van der Waals surface area contributed by atoms with Gasteiger partial charge in [-0.05, 0) is 17.8 Å². The molecule has 0 rings (SSSR count). The minimum atomic E-state index is 0.340. The fourth-order valence-corrected chi connectivity index (χ4v) is 1.35. The third-order valence-corrected chi connectivity index (χ3v) is 2.44. The molecule has 0 aliphatic carbocycles. The van der Waals surface area contributed by atoms with Crippen molar-refractivity contribution < 1.29 is 5.11 Å². The van der Waals surface area contributed by atoms with Gasteiger partial charge in [-0.2, -0.15) is 0 Å². The van der Waals surface area contributed by atoms with Crippen LogP contribution < -0.4 is 0 Å². The van der Waals surface area contributed by atoms with Crippen molar-refractivity contribution >= 4 is 0 Å². The highest BCUT2D eigenvalue weighted by atomic mass is 16.3. The fourth-order valence-electron chi connectivity index (χ4n) is 1.35. The smallest absolute Gasteiger partial charge is 0.0464 e. The molecular formula is C9H20O. The second kappa shape index (κ2) is 4.73. The SMILES string of the molecule is CC[C@H](C)[C@H](CO)C(C)C. The molecule has 0 aliphatic heterocycles. The molecule has 10 heavy (non-hydrogen) atoms. The van der Waals surface area contributed by atoms with Crippen molar-refractivity contribution in [1.82, 2.24) is 0 Å². The van der Waals surface area contributed by atoms with Crippen molar-refractivity contribution in [3.05, 3.63) is 0 Å². The van der Waals surface area contributed by atoms with E-state index in [0.29, 0.717) is 24.4 Å². The Labute approximate surface area is 64.5 Å². The molecule has 1 nitrogen and oxygen atoms in total. The minimum absolute atomic E-state index is 0.340. The number of hydrogen-bond acceptors (Lipinski definition) is 1. The lowest BCUT2D eigenvalue weighted by atomic mass is 9.84. The second-order valence-corrected chi connectivity index (χ2v) is 3.48. The van der Waals surface area contributed by atoms with Gasteiger partial charge in [-0.25, -0.2) is 0 Å². The van der Waals surface area contributed by atoms with E-state index < -0.39 is 0 Å². The summed E-state index contributed by atoms with van der Waals surface area (Å²) in [7, 11) is 0. The van der Waals surface area contributed by atoms with Gasteiger partial charge in [0.2, 0.25) is 0 Å². The van der Waals surface area contributed by atoms with Crippen LogP contribution in [0.3, 0.4) is 0 Å². The van der Waals surface area contributed by atoms with Crippen LogP contribution in [0.15, 0.2) is 0 Å². The average molecular weight is 144 g/mol. The highest BCUT2D eigenvalue weighted by Gasteiger charge is 2.17. The summed E-state index contributed by atoms with van der Waals surface area (Å²) in [5, 5.41) is 9.00. The molecule has 1 N–H and O–H groups in total. The average Bonchev–Trinajstić information content (AvgIpc) is 1.88. The van der Waals surface area contributed by atoms with Gasteiger partial charge in [0.1, 0.15) is 0 Å². The topological polar surface area (TPSA) is 20.2 Å². The van der Waals surface area contributed by atoms with E-state index in [-0.39, 0.29) is 0 Å². The van der Waals surface area contributed by atoms with E-state index in [1.807, 2.05) is 0 Å². The Morgan fingerprint density at radius 2 is 1.70 bits per heavy atom. The summed E-state index contributed by atoms with van der Waals surface area (Å²) in [6.45, 7) is 9.07. The Bertz CT molecular complexity index is 78.8. The summed E-state index contributed by atoms with van der Waals surface area (Å²) in [6.07, 6.45) is 1.17. The zero-order chi connectivity index (χ0) is 8.15. The fraction of sp³-hybridized carbons (Fsp3) is 1.00. The quantitative estimate of drug-likeness (QED) is 0.642. The molecule has 62 valence electrons. The molecule has 0 aromatic heterocycles. The van der Waals surface area contributed by atoms with Gasteiger partial charge < -0.3 is 5.11 Å². The maximum Gasteiger partial charge on any atom is 0.0464 e. The number of aliphatic hydroxyl groups is 1. The monoisotopic (exact) mass is 144 g/mol. The molecule has 0 fully saturated rings. The minimum Gasteiger partial charge on any atom is -0.396 e. The highest BCUT2D eigenvalue weighted by Crippen LogP contribution is 2.22. The van der Waals surface area contributed by atoms with E-state index >= 15 is 0 Å². The first-order valence-corrected chi connectivity index (χ1v) is 4.24. The maximum atomic E-state index is 9.00. The first-order chi connectivity index (χ1) is 4.63. The second-order valence-electron chi connectivity index (χ2n) is 3.48. The van der Waals surface area contributed by atoms with Gasteiger partial charge in [-0.15, -0.1) is 0 Å². The van der Waals surface area contributed by atoms with Crippen molar-refractivity contribution in [2.75, 3.05) is 6.61 Å². The predicted octanol–water partition coefficient (Wildman–Crippen LogP) is 2.30. The van der Waals surface area contributed by atoms with Crippen LogP contribution in [0.1, 0.15) is 34.1 Å². The summed E-state index contributed by atoms with van der Waals surface area (Å²) in [5.74, 6) is 1.76. The van der Waals surface area contributed by atoms with Crippen molar-refractivity contribution in [1.29, 1.82) is 0 Å². The van der Waals surface area contributed by atoms with Gasteiger partial charge in [0.15, 0.2) is 0 Å². The normalized spacial score (nSPS) is 17.4. The maximum absolute atomic E-state index is 9.00. The molecule has 0 spiro atoms. The summed E-state index contributed by atoms with van der Waals surface area (Å²) < 4.78 is 0. The lowest BCUT2D eigenvalue weighted by Gasteiger charge is -2.24. The van der Waals surface area contributed by atoms with E-state index in [2.05, 4.69) is 27.7 Å². The molecule has 0 bridgehead atoms. The Kier molecular flexibility index (Phi) is 4.71. The molecule has 0 aliphatic rings. The zero-order valence-corrected chi connectivity index (χ0v) is 7.59. The van der Waals surface area contributed by atoms with Crippen LogP contribution in [-0.2, 0) is 0 Å². The van der Waals surface area contributed by atoms with Crippen LogP contribution in [-0.4, -0.2) is 11.7 Å². The Balaban J connectivity index is 3.80. The standard InChI is InChI=1S/C9H20O/c1-5-8(4)9(6-10)7(2)3/h7-10H,5-6H2,1-4H3/t8-,9+/m0/s1. The van der Waals surface area contributed by atoms with Crippen LogP contribution in [0.25, 0.3) is 0 Å². The number of aliphatic hydroxyl groups excluding tert-OH is 1. The van der Waals surface area contributed by atoms with E-state index in [1.165, 1.54) is 6.42 Å². The molecule has 2 atom stereocenters. The van der Waals surface area contributed by atoms with Crippen molar-refractivity contribution in [2.45, 2.75) is 34.1 Å². The Morgan fingerprint density at radius 1 is 1.20 bits per heavy atom.